The van der Waals surface area contributed by atoms with E-state index in [4.69, 9.17) is 9.47 Å². The molecule has 0 unspecified atom stereocenters. The second-order valence-corrected chi connectivity index (χ2v) is 6.55. The topological polar surface area (TPSA) is 90.7 Å². The van der Waals surface area contributed by atoms with E-state index in [2.05, 4.69) is 5.32 Å². The van der Waals surface area contributed by atoms with Crippen LogP contribution in [-0.2, 0) is 0 Å². The Morgan fingerprint density at radius 3 is 2.59 bits per heavy atom. The minimum Gasteiger partial charge on any atom is -0.493 e. The van der Waals surface area contributed by atoms with Crippen molar-refractivity contribution >= 4 is 17.3 Å². The van der Waals surface area contributed by atoms with Crippen molar-refractivity contribution in [2.45, 2.75) is 38.7 Å². The van der Waals surface area contributed by atoms with Gasteiger partial charge in [-0.1, -0.05) is 6.07 Å². The summed E-state index contributed by atoms with van der Waals surface area (Å²) in [5.74, 6) is 0.776. The molecule has 0 aliphatic heterocycles. The monoisotopic (exact) mass is 370 g/mol. The van der Waals surface area contributed by atoms with Crippen molar-refractivity contribution in [3.05, 3.63) is 57.6 Å². The van der Waals surface area contributed by atoms with Gasteiger partial charge >= 0.3 is 0 Å². The fourth-order valence-corrected chi connectivity index (χ4v) is 3.30. The van der Waals surface area contributed by atoms with Gasteiger partial charge in [0.2, 0.25) is 0 Å². The van der Waals surface area contributed by atoms with Crippen molar-refractivity contribution in [1.82, 2.24) is 0 Å². The number of hydrogen-bond donors (Lipinski definition) is 1. The van der Waals surface area contributed by atoms with Gasteiger partial charge < -0.3 is 14.8 Å². The molecule has 0 atom stereocenters. The molecule has 2 aromatic carbocycles. The van der Waals surface area contributed by atoms with E-state index in [0.29, 0.717) is 22.7 Å². The van der Waals surface area contributed by atoms with Crippen LogP contribution < -0.4 is 14.8 Å². The van der Waals surface area contributed by atoms with Crippen LogP contribution in [0.3, 0.4) is 0 Å². The van der Waals surface area contributed by atoms with Crippen LogP contribution in [0.1, 0.15) is 41.6 Å². The molecule has 2 aromatic rings. The summed E-state index contributed by atoms with van der Waals surface area (Å²) in [7, 11) is 1.57. The summed E-state index contributed by atoms with van der Waals surface area (Å²) in [4.78, 5) is 23.2. The summed E-state index contributed by atoms with van der Waals surface area (Å²) >= 11 is 0. The minimum atomic E-state index is -0.493. The molecule has 142 valence electrons. The fraction of sp³-hybridized carbons (Fsp3) is 0.350. The quantitative estimate of drug-likeness (QED) is 0.598. The first-order valence-corrected chi connectivity index (χ1v) is 8.89. The van der Waals surface area contributed by atoms with Gasteiger partial charge in [0.15, 0.2) is 11.5 Å². The standard InChI is InChI=1S/C20H22N2O5/c1-13-16(8-5-9-17(13)22(24)25)20(23)21-14-10-11-18(26-2)19(12-14)27-15-6-3-4-7-15/h5,8-12,15H,3-4,6-7H2,1-2H3,(H,21,23). The van der Waals surface area contributed by atoms with E-state index in [-0.39, 0.29) is 17.4 Å². The fourth-order valence-electron chi connectivity index (χ4n) is 3.30. The van der Waals surface area contributed by atoms with Crippen molar-refractivity contribution < 1.29 is 19.2 Å². The van der Waals surface area contributed by atoms with Crippen molar-refractivity contribution in [2.75, 3.05) is 12.4 Å². The first-order valence-electron chi connectivity index (χ1n) is 8.89. The number of carbonyl (C=O) groups is 1. The molecule has 0 spiro atoms. The van der Waals surface area contributed by atoms with E-state index in [9.17, 15) is 14.9 Å². The maximum atomic E-state index is 12.6. The van der Waals surface area contributed by atoms with Crippen molar-refractivity contribution in [3.63, 3.8) is 0 Å². The molecule has 0 saturated heterocycles. The van der Waals surface area contributed by atoms with Gasteiger partial charge in [0.1, 0.15) is 0 Å². The van der Waals surface area contributed by atoms with Gasteiger partial charge in [-0.2, -0.15) is 0 Å². The Labute approximate surface area is 157 Å². The number of nitrogens with one attached hydrogen (secondary N) is 1. The molecule has 1 saturated carbocycles. The third kappa shape index (κ3) is 4.19. The average Bonchev–Trinajstić information content (AvgIpc) is 3.15. The lowest BCUT2D eigenvalue weighted by atomic mass is 10.1. The lowest BCUT2D eigenvalue weighted by Crippen LogP contribution is -2.15. The van der Waals surface area contributed by atoms with Gasteiger partial charge in [-0.05, 0) is 50.8 Å². The van der Waals surface area contributed by atoms with Gasteiger partial charge in [0, 0.05) is 28.9 Å². The molecule has 1 aliphatic rings. The third-order valence-electron chi connectivity index (χ3n) is 4.76. The highest BCUT2D eigenvalue weighted by atomic mass is 16.6. The van der Waals surface area contributed by atoms with Crippen molar-refractivity contribution in [1.29, 1.82) is 0 Å². The Bertz CT molecular complexity index is 859. The van der Waals surface area contributed by atoms with Gasteiger partial charge in [-0.25, -0.2) is 0 Å². The number of anilines is 1. The zero-order valence-corrected chi connectivity index (χ0v) is 15.4. The summed E-state index contributed by atoms with van der Waals surface area (Å²) in [5, 5.41) is 13.9. The maximum Gasteiger partial charge on any atom is 0.273 e. The van der Waals surface area contributed by atoms with Crippen LogP contribution >= 0.6 is 0 Å². The molecule has 0 radical (unpaired) electrons. The molecule has 0 bridgehead atoms. The number of nitrogens with zero attached hydrogens (tertiary/aromatic N) is 1. The minimum absolute atomic E-state index is 0.0809. The Morgan fingerprint density at radius 1 is 1.19 bits per heavy atom. The number of carbonyl (C=O) groups excluding carboxylic acids is 1. The van der Waals surface area contributed by atoms with E-state index >= 15 is 0 Å². The summed E-state index contributed by atoms with van der Waals surface area (Å²) in [6.45, 7) is 1.57. The highest BCUT2D eigenvalue weighted by molar-refractivity contribution is 6.06. The second-order valence-electron chi connectivity index (χ2n) is 6.55. The summed E-state index contributed by atoms with van der Waals surface area (Å²) in [6.07, 6.45) is 4.47. The molecule has 1 fully saturated rings. The lowest BCUT2D eigenvalue weighted by Gasteiger charge is -2.17. The summed E-state index contributed by atoms with van der Waals surface area (Å²) in [5.41, 5.74) is 1.05. The predicted molar refractivity (Wildman–Crippen MR) is 102 cm³/mol. The Morgan fingerprint density at radius 2 is 1.93 bits per heavy atom. The zero-order valence-electron chi connectivity index (χ0n) is 15.4. The molecule has 0 heterocycles. The van der Waals surface area contributed by atoms with Crippen LogP contribution in [0.25, 0.3) is 0 Å². The van der Waals surface area contributed by atoms with Gasteiger partial charge in [-0.3, -0.25) is 14.9 Å². The molecule has 1 amide bonds. The van der Waals surface area contributed by atoms with Gasteiger partial charge in [0.05, 0.1) is 18.1 Å². The summed E-state index contributed by atoms with van der Waals surface area (Å²) < 4.78 is 11.4. The van der Waals surface area contributed by atoms with Gasteiger partial charge in [0.25, 0.3) is 11.6 Å². The smallest absolute Gasteiger partial charge is 0.273 e. The van der Waals surface area contributed by atoms with E-state index < -0.39 is 10.8 Å². The third-order valence-corrected chi connectivity index (χ3v) is 4.76. The number of ether oxygens (including phenoxy) is 2. The molecule has 1 N–H and O–H groups in total. The number of amides is 1. The molecular formula is C20H22N2O5. The van der Waals surface area contributed by atoms with E-state index in [0.717, 1.165) is 25.7 Å². The number of nitro groups is 1. The highest BCUT2D eigenvalue weighted by Gasteiger charge is 2.20. The molecule has 1 aliphatic carbocycles. The van der Waals surface area contributed by atoms with E-state index in [1.54, 1.807) is 38.3 Å². The normalized spacial score (nSPS) is 14.0. The Balaban J connectivity index is 1.82. The van der Waals surface area contributed by atoms with Crippen LogP contribution in [0.15, 0.2) is 36.4 Å². The summed E-state index contributed by atoms with van der Waals surface area (Å²) in [6, 6.07) is 9.62. The van der Waals surface area contributed by atoms with Crippen molar-refractivity contribution in [2.24, 2.45) is 0 Å². The average molecular weight is 370 g/mol. The highest BCUT2D eigenvalue weighted by Crippen LogP contribution is 2.34. The molecule has 0 aromatic heterocycles. The van der Waals surface area contributed by atoms with Gasteiger partial charge in [-0.15, -0.1) is 0 Å². The Kier molecular flexibility index (Phi) is 5.59. The van der Waals surface area contributed by atoms with Crippen LogP contribution in [0.4, 0.5) is 11.4 Å². The Hall–Kier alpha value is -3.09. The van der Waals surface area contributed by atoms with E-state index in [1.807, 2.05) is 0 Å². The number of hydrogen-bond acceptors (Lipinski definition) is 5. The van der Waals surface area contributed by atoms with E-state index in [1.165, 1.54) is 12.1 Å². The first-order chi connectivity index (χ1) is 13.0. The lowest BCUT2D eigenvalue weighted by molar-refractivity contribution is -0.385. The molecule has 7 nitrogen and oxygen atoms in total. The molecular weight excluding hydrogens is 348 g/mol. The number of nitro benzene ring substituents is 1. The van der Waals surface area contributed by atoms with Crippen LogP contribution in [-0.4, -0.2) is 24.0 Å². The van der Waals surface area contributed by atoms with Crippen LogP contribution in [0.5, 0.6) is 11.5 Å². The SMILES string of the molecule is COc1ccc(NC(=O)c2cccc([N+](=O)[O-])c2C)cc1OC1CCCC1. The number of rotatable bonds is 6. The first kappa shape index (κ1) is 18.7. The number of benzene rings is 2. The van der Waals surface area contributed by atoms with Crippen molar-refractivity contribution in [3.8, 4) is 11.5 Å². The zero-order chi connectivity index (χ0) is 19.4. The number of methoxy groups -OCH3 is 1. The molecule has 27 heavy (non-hydrogen) atoms. The largest absolute Gasteiger partial charge is 0.493 e. The second kappa shape index (κ2) is 8.07. The molecule has 7 heteroatoms. The maximum absolute atomic E-state index is 12.6. The van der Waals surface area contributed by atoms with Crippen LogP contribution in [0, 0.1) is 17.0 Å². The predicted octanol–water partition coefficient (Wildman–Crippen LogP) is 4.49. The molecule has 3 rings (SSSR count). The van der Waals surface area contributed by atoms with Crippen LogP contribution in [0.2, 0.25) is 0 Å².